The van der Waals surface area contributed by atoms with Gasteiger partial charge in [0, 0.05) is 21.0 Å². The van der Waals surface area contributed by atoms with Crippen molar-refractivity contribution in [3.63, 3.8) is 0 Å². The monoisotopic (exact) mass is 242 g/mol. The van der Waals surface area contributed by atoms with E-state index in [0.717, 1.165) is 4.57 Å². The van der Waals surface area contributed by atoms with Crippen LogP contribution in [0.25, 0.3) is 5.69 Å². The third-order valence-corrected chi connectivity index (χ3v) is 2.14. The fourth-order valence-corrected chi connectivity index (χ4v) is 1.30. The molecule has 0 aliphatic heterocycles. The summed E-state index contributed by atoms with van der Waals surface area (Å²) in [6, 6.07) is 1.64. The van der Waals surface area contributed by atoms with Gasteiger partial charge in [0.05, 0.1) is 25.3 Å². The predicted octanol–water partition coefficient (Wildman–Crippen LogP) is 2.34. The summed E-state index contributed by atoms with van der Waals surface area (Å²) in [6.07, 6.45) is 2.35. The first-order valence-electron chi connectivity index (χ1n) is 5.98. The number of hydrogen-bond acceptors (Lipinski definition) is 2. The molecule has 66 valence electrons. The molecular weight excluding hydrogens is 230 g/mol. The summed E-state index contributed by atoms with van der Waals surface area (Å²) in [7, 11) is 0. The van der Waals surface area contributed by atoms with Gasteiger partial charge in [-0.15, -0.1) is 0 Å². The van der Waals surface area contributed by atoms with E-state index < -0.39 is 6.85 Å². The molecule has 0 saturated carbocycles. The lowest BCUT2D eigenvalue weighted by atomic mass is 10.4. The summed E-state index contributed by atoms with van der Waals surface area (Å²) in [5.41, 5.74) is 0.0266. The number of rotatable bonds is 1. The second kappa shape index (κ2) is 3.30. The second-order valence-corrected chi connectivity index (χ2v) is 3.19. The van der Waals surface area contributed by atoms with Gasteiger partial charge in [0.25, 0.3) is 0 Å². The lowest BCUT2D eigenvalue weighted by Crippen LogP contribution is -1.91. The Hall–Kier alpha value is -1.16. The van der Waals surface area contributed by atoms with Crippen LogP contribution in [0.3, 0.4) is 0 Å². The minimum absolute atomic E-state index is 0.306. The van der Waals surface area contributed by atoms with Crippen LogP contribution in [0.4, 0.5) is 0 Å². The zero-order valence-electron chi connectivity index (χ0n) is 11.5. The van der Waals surface area contributed by atoms with Crippen molar-refractivity contribution in [1.29, 1.82) is 0 Å². The quantitative estimate of drug-likeness (QED) is 0.769. The van der Waals surface area contributed by atoms with E-state index in [1.807, 2.05) is 0 Å². The minimum atomic E-state index is -2.51. The zero-order chi connectivity index (χ0) is 13.5. The van der Waals surface area contributed by atoms with Crippen LogP contribution in [-0.4, -0.2) is 14.5 Å². The lowest BCUT2D eigenvalue weighted by Gasteiger charge is -2.02. The third kappa shape index (κ3) is 1.62. The highest BCUT2D eigenvalue weighted by atomic mass is 79.9. The summed E-state index contributed by atoms with van der Waals surface area (Å²) >= 11 is 3.27. The molecule has 0 aliphatic carbocycles. The minimum Gasteiger partial charge on any atom is -0.303 e. The molecule has 0 saturated heterocycles. The van der Waals surface area contributed by atoms with E-state index in [4.69, 9.17) is 6.85 Å². The Bertz CT molecular complexity index is 592. The molecule has 2 rings (SSSR count). The average molecular weight is 243 g/mol. The average Bonchev–Trinajstić information content (AvgIpc) is 2.55. The Balaban J connectivity index is 2.67. The van der Waals surface area contributed by atoms with E-state index >= 15 is 0 Å². The molecule has 2 aromatic heterocycles. The van der Waals surface area contributed by atoms with Crippen LogP contribution in [-0.2, 0) is 0 Å². The first-order valence-corrected chi connectivity index (χ1v) is 4.28. The normalized spacial score (nSPS) is 16.8. The number of hydrogen-bond donors (Lipinski definition) is 0. The van der Waals surface area contributed by atoms with Crippen molar-refractivity contribution in [2.75, 3.05) is 0 Å². The molecule has 2 heterocycles. The summed E-state index contributed by atoms with van der Waals surface area (Å²) in [6.45, 7) is -2.51. The summed E-state index contributed by atoms with van der Waals surface area (Å²) in [5, 5.41) is 0. The molecule has 0 bridgehead atoms. The van der Waals surface area contributed by atoms with E-state index in [1.54, 1.807) is 12.3 Å². The van der Waals surface area contributed by atoms with Gasteiger partial charge in [-0.1, -0.05) is 0 Å². The smallest absolute Gasteiger partial charge is 0.105 e. The Morgan fingerprint density at radius 1 is 1.69 bits per heavy atom. The molecule has 0 aliphatic rings. The van der Waals surface area contributed by atoms with Crippen LogP contribution in [0.1, 0.15) is 12.5 Å². The van der Waals surface area contributed by atoms with Crippen molar-refractivity contribution < 1.29 is 6.85 Å². The molecule has 0 aromatic carbocycles. The first-order chi connectivity index (χ1) is 8.32. The van der Waals surface area contributed by atoms with Gasteiger partial charge in [-0.25, -0.2) is 4.98 Å². The third-order valence-electron chi connectivity index (χ3n) is 1.47. The standard InChI is InChI=1S/C9H8BrN3/c1-7-5-13(6-12-7)9-4-11-3-2-8(9)10/h2-6H,1H3/i1D3,5D,6D. The highest BCUT2D eigenvalue weighted by Crippen LogP contribution is 2.18. The predicted molar refractivity (Wildman–Crippen MR) is 53.8 cm³/mol. The van der Waals surface area contributed by atoms with Gasteiger partial charge in [-0.2, -0.15) is 0 Å². The van der Waals surface area contributed by atoms with E-state index in [9.17, 15) is 0 Å². The summed E-state index contributed by atoms with van der Waals surface area (Å²) in [5.74, 6) is 0. The SMILES string of the molecule is [2H]c1nc(C([2H])([2H])[2H])c([2H])n1-c1cnccc1Br. The van der Waals surface area contributed by atoms with Gasteiger partial charge in [0.1, 0.15) is 1.37 Å². The maximum absolute atomic E-state index is 7.83. The van der Waals surface area contributed by atoms with Crippen LogP contribution in [0.5, 0.6) is 0 Å². The molecule has 13 heavy (non-hydrogen) atoms. The van der Waals surface area contributed by atoms with E-state index in [1.165, 1.54) is 6.20 Å². The molecular formula is C9H8BrN3. The van der Waals surface area contributed by atoms with Crippen LogP contribution in [0.15, 0.2) is 35.4 Å². The molecule has 4 heteroatoms. The topological polar surface area (TPSA) is 30.7 Å². The zero-order valence-corrected chi connectivity index (χ0v) is 8.04. The molecule has 0 N–H and O–H groups in total. The van der Waals surface area contributed by atoms with E-state index in [0.29, 0.717) is 10.2 Å². The van der Waals surface area contributed by atoms with Crippen LogP contribution < -0.4 is 0 Å². The van der Waals surface area contributed by atoms with Crippen molar-refractivity contribution >= 4 is 15.9 Å². The van der Waals surface area contributed by atoms with Gasteiger partial charge < -0.3 is 4.57 Å². The number of aromatic nitrogens is 3. The number of imidazole rings is 1. The molecule has 2 aromatic rings. The Labute approximate surface area is 91.6 Å². The van der Waals surface area contributed by atoms with E-state index in [-0.39, 0.29) is 18.2 Å². The van der Waals surface area contributed by atoms with Crippen molar-refractivity contribution in [2.24, 2.45) is 0 Å². The molecule has 0 amide bonds. The molecule has 0 unspecified atom stereocenters. The maximum Gasteiger partial charge on any atom is 0.105 e. The van der Waals surface area contributed by atoms with Gasteiger partial charge in [0.2, 0.25) is 0 Å². The van der Waals surface area contributed by atoms with Crippen LogP contribution in [0, 0.1) is 6.85 Å². The molecule has 0 spiro atoms. The highest BCUT2D eigenvalue weighted by Gasteiger charge is 2.01. The first kappa shape index (κ1) is 4.37. The fourth-order valence-electron chi connectivity index (χ4n) is 0.904. The van der Waals surface area contributed by atoms with Gasteiger partial charge >= 0.3 is 0 Å². The lowest BCUT2D eigenvalue weighted by molar-refractivity contribution is 1.03. The second-order valence-electron chi connectivity index (χ2n) is 2.33. The Morgan fingerprint density at radius 3 is 3.31 bits per heavy atom. The van der Waals surface area contributed by atoms with Gasteiger partial charge in [0.15, 0.2) is 0 Å². The molecule has 0 radical (unpaired) electrons. The summed E-state index contributed by atoms with van der Waals surface area (Å²) < 4.78 is 39.0. The largest absolute Gasteiger partial charge is 0.303 e. The number of halogens is 1. The van der Waals surface area contributed by atoms with Crippen LogP contribution >= 0.6 is 15.9 Å². The molecule has 0 atom stereocenters. The maximum atomic E-state index is 7.83. The Kier molecular flexibility index (Phi) is 1.11. The highest BCUT2D eigenvalue weighted by molar-refractivity contribution is 9.10. The van der Waals surface area contributed by atoms with Crippen molar-refractivity contribution in [3.05, 3.63) is 41.1 Å². The number of aryl methyl sites for hydroxylation is 1. The molecule has 0 fully saturated rings. The van der Waals surface area contributed by atoms with Gasteiger partial charge in [-0.3, -0.25) is 4.98 Å². The van der Waals surface area contributed by atoms with Crippen molar-refractivity contribution in [1.82, 2.24) is 14.5 Å². The Morgan fingerprint density at radius 2 is 2.62 bits per heavy atom. The fraction of sp³-hybridized carbons (Fsp3) is 0.111. The van der Waals surface area contributed by atoms with E-state index in [2.05, 4.69) is 25.9 Å². The van der Waals surface area contributed by atoms with Crippen LogP contribution in [0.2, 0.25) is 0 Å². The van der Waals surface area contributed by atoms with Crippen molar-refractivity contribution in [3.8, 4) is 5.69 Å². The number of nitrogens with zero attached hydrogens (tertiary/aromatic N) is 3. The number of pyridine rings is 1. The summed E-state index contributed by atoms with van der Waals surface area (Å²) in [4.78, 5) is 7.52. The van der Waals surface area contributed by atoms with Crippen molar-refractivity contribution in [2.45, 2.75) is 6.85 Å². The molecule has 3 nitrogen and oxygen atoms in total. The van der Waals surface area contributed by atoms with Gasteiger partial charge in [-0.05, 0) is 28.8 Å².